The van der Waals surface area contributed by atoms with Crippen molar-refractivity contribution in [3.05, 3.63) is 36.0 Å². The minimum atomic E-state index is -1.41. The van der Waals surface area contributed by atoms with Gasteiger partial charge in [0.2, 0.25) is 0 Å². The molecule has 3 fully saturated rings. The Morgan fingerprint density at radius 3 is 2.34 bits per heavy atom. The summed E-state index contributed by atoms with van der Waals surface area (Å²) in [6, 6.07) is 6.70. The highest BCUT2D eigenvalue weighted by atomic mass is 16.7. The number of aliphatic hydroxyl groups excluding tert-OH is 1. The molecule has 59 heavy (non-hydrogen) atoms. The average molecular weight is 826 g/mol. The summed E-state index contributed by atoms with van der Waals surface area (Å²) >= 11 is 0. The summed E-state index contributed by atoms with van der Waals surface area (Å²) in [5.74, 6) is -4.22. The number of Topliss-reactive ketones (excluding diaryl/α,β-unsaturated/α-hetero) is 2. The molecule has 1 aromatic heterocycles. The topological polar surface area (TPSA) is 163 Å². The molecule has 3 saturated heterocycles. The third-order valence-electron chi connectivity index (χ3n) is 13.3. The summed E-state index contributed by atoms with van der Waals surface area (Å²) in [6.07, 6.45) is -0.224. The van der Waals surface area contributed by atoms with Crippen LogP contribution in [0.3, 0.4) is 0 Å². The van der Waals surface area contributed by atoms with Crippen LogP contribution < -0.4 is 4.74 Å². The molecule has 1 amide bonds. The van der Waals surface area contributed by atoms with E-state index >= 15 is 0 Å². The number of likely N-dealkylation sites (N-methyl/N-ethyl adjacent to an activating group) is 1. The Balaban J connectivity index is 1.46. The summed E-state index contributed by atoms with van der Waals surface area (Å²) in [5.41, 5.74) is -0.706. The fraction of sp³-hybridized carbons (Fsp3) is 0.711. The number of ether oxygens (including phenoxy) is 6. The van der Waals surface area contributed by atoms with Gasteiger partial charge >= 0.3 is 12.1 Å². The van der Waals surface area contributed by atoms with Crippen LogP contribution in [0, 0.1) is 23.7 Å². The van der Waals surface area contributed by atoms with E-state index < -0.39 is 83.4 Å². The van der Waals surface area contributed by atoms with Gasteiger partial charge in [-0.05, 0) is 110 Å². The quantitative estimate of drug-likeness (QED) is 0.165. The number of benzene rings is 1. The van der Waals surface area contributed by atoms with E-state index in [1.54, 1.807) is 45.9 Å². The predicted octanol–water partition coefficient (Wildman–Crippen LogP) is 5.77. The zero-order chi connectivity index (χ0) is 43.6. The number of esters is 1. The van der Waals surface area contributed by atoms with Gasteiger partial charge in [-0.15, -0.1) is 0 Å². The lowest BCUT2D eigenvalue weighted by atomic mass is 9.73. The Bertz CT molecular complexity index is 1820. The molecule has 0 saturated carbocycles. The van der Waals surface area contributed by atoms with Gasteiger partial charge in [0.15, 0.2) is 17.7 Å². The van der Waals surface area contributed by atoms with Crippen molar-refractivity contribution in [2.75, 3.05) is 34.9 Å². The third kappa shape index (κ3) is 9.46. The predicted molar refractivity (Wildman–Crippen MR) is 221 cm³/mol. The number of unbranched alkanes of at least 4 members (excludes halogenated alkanes) is 1. The van der Waals surface area contributed by atoms with Gasteiger partial charge in [-0.3, -0.25) is 19.4 Å². The monoisotopic (exact) mass is 825 g/mol. The van der Waals surface area contributed by atoms with Crippen molar-refractivity contribution in [3.8, 4) is 5.75 Å². The van der Waals surface area contributed by atoms with Crippen molar-refractivity contribution in [1.82, 2.24) is 14.8 Å². The van der Waals surface area contributed by atoms with E-state index in [0.717, 1.165) is 35.1 Å². The number of cyclic esters (lactones) is 1. The van der Waals surface area contributed by atoms with Crippen molar-refractivity contribution in [1.29, 1.82) is 0 Å². The van der Waals surface area contributed by atoms with E-state index in [2.05, 4.69) is 4.98 Å². The Labute approximate surface area is 349 Å². The van der Waals surface area contributed by atoms with Crippen molar-refractivity contribution in [2.24, 2.45) is 23.7 Å². The Hall–Kier alpha value is -3.69. The number of hydrogen-bond donors (Lipinski definition) is 1. The second kappa shape index (κ2) is 18.9. The van der Waals surface area contributed by atoms with Crippen molar-refractivity contribution >= 4 is 34.5 Å². The van der Waals surface area contributed by atoms with Crippen LogP contribution >= 0.6 is 0 Å². The minimum absolute atomic E-state index is 0.128. The maximum absolute atomic E-state index is 14.8. The number of ketones is 2. The second-order valence-corrected chi connectivity index (χ2v) is 17.7. The number of carbonyl (C=O) groups is 4. The van der Waals surface area contributed by atoms with E-state index in [-0.39, 0.29) is 30.8 Å². The van der Waals surface area contributed by atoms with Crippen LogP contribution in [0.2, 0.25) is 0 Å². The highest BCUT2D eigenvalue weighted by Gasteiger charge is 2.60. The second-order valence-electron chi connectivity index (χ2n) is 17.7. The van der Waals surface area contributed by atoms with E-state index in [0.29, 0.717) is 19.4 Å². The zero-order valence-electron chi connectivity index (χ0n) is 37.1. The fourth-order valence-corrected chi connectivity index (χ4v) is 9.83. The summed E-state index contributed by atoms with van der Waals surface area (Å²) in [4.78, 5) is 65.1. The van der Waals surface area contributed by atoms with Crippen LogP contribution in [0.1, 0.15) is 93.1 Å². The molecule has 1 aromatic carbocycles. The number of nitrogens with zero attached hydrogens (tertiary/aromatic N) is 3. The third-order valence-corrected chi connectivity index (χ3v) is 13.3. The largest absolute Gasteiger partial charge is 0.497 e. The van der Waals surface area contributed by atoms with Gasteiger partial charge in [0, 0.05) is 49.0 Å². The van der Waals surface area contributed by atoms with E-state index in [1.165, 1.54) is 14.0 Å². The van der Waals surface area contributed by atoms with Gasteiger partial charge in [0.1, 0.15) is 29.7 Å². The molecule has 3 aliphatic rings. The average Bonchev–Trinajstić information content (AvgIpc) is 3.47. The summed E-state index contributed by atoms with van der Waals surface area (Å²) in [6.45, 7) is 14.3. The SMILES string of the molecule is CCC1OC(=O)[C@H](C)C(=O)[C@H](C)[C@@H](O[C@@H]2O[C@H](C)C[C@H](N(C)C)[C@H]2O)[C@](C)(OC)C[C@@H](C)C(=O)[C@H](C)[C@H]2N(CCCCc3ccnc4ccc(OC)cc34)C(=O)O[C@]12C. The summed E-state index contributed by atoms with van der Waals surface area (Å²) in [7, 11) is 6.87. The number of rotatable bonds is 11. The van der Waals surface area contributed by atoms with Crippen molar-refractivity contribution in [2.45, 2.75) is 148 Å². The van der Waals surface area contributed by atoms with E-state index in [1.807, 2.05) is 64.0 Å². The van der Waals surface area contributed by atoms with Crippen LogP contribution in [-0.2, 0) is 44.5 Å². The zero-order valence-corrected chi connectivity index (χ0v) is 37.1. The number of aliphatic hydroxyl groups is 1. The fourth-order valence-electron chi connectivity index (χ4n) is 9.83. The number of amides is 1. The Kier molecular flexibility index (Phi) is 14.9. The van der Waals surface area contributed by atoms with Gasteiger partial charge < -0.3 is 43.3 Å². The molecule has 5 rings (SSSR count). The minimum Gasteiger partial charge on any atom is -0.497 e. The number of methoxy groups -OCH3 is 2. The Morgan fingerprint density at radius 2 is 1.69 bits per heavy atom. The molecule has 3 aliphatic heterocycles. The van der Waals surface area contributed by atoms with Crippen LogP contribution in [0.25, 0.3) is 10.9 Å². The lowest BCUT2D eigenvalue weighted by molar-refractivity contribution is -0.295. The molecule has 14 heteroatoms. The molecule has 328 valence electrons. The molecule has 2 aromatic rings. The first-order valence-corrected chi connectivity index (χ1v) is 21.2. The molecular formula is C45H67N3O11. The van der Waals surface area contributed by atoms with Gasteiger partial charge in [0.05, 0.1) is 36.5 Å². The van der Waals surface area contributed by atoms with Gasteiger partial charge in [-0.1, -0.05) is 27.7 Å². The number of fused-ring (bicyclic) bond motifs is 2. The Morgan fingerprint density at radius 1 is 0.983 bits per heavy atom. The highest BCUT2D eigenvalue weighted by Crippen LogP contribution is 2.43. The van der Waals surface area contributed by atoms with Crippen LogP contribution in [-0.4, -0.2) is 132 Å². The number of aryl methyl sites for hydroxylation is 1. The van der Waals surface area contributed by atoms with Gasteiger partial charge in [-0.25, -0.2) is 4.79 Å². The summed E-state index contributed by atoms with van der Waals surface area (Å²) < 4.78 is 36.7. The van der Waals surface area contributed by atoms with E-state index in [9.17, 15) is 24.3 Å². The van der Waals surface area contributed by atoms with Crippen LogP contribution in [0.4, 0.5) is 4.79 Å². The molecule has 1 unspecified atom stereocenters. The molecule has 14 nitrogen and oxygen atoms in total. The molecule has 13 atom stereocenters. The molecular weight excluding hydrogens is 759 g/mol. The maximum atomic E-state index is 14.8. The van der Waals surface area contributed by atoms with Crippen LogP contribution in [0.15, 0.2) is 30.5 Å². The summed E-state index contributed by atoms with van der Waals surface area (Å²) in [5, 5.41) is 12.5. The molecule has 0 aliphatic carbocycles. The first-order chi connectivity index (χ1) is 27.8. The first kappa shape index (κ1) is 46.4. The van der Waals surface area contributed by atoms with Crippen molar-refractivity contribution < 1.29 is 52.7 Å². The van der Waals surface area contributed by atoms with E-state index in [4.69, 9.17) is 28.4 Å². The smallest absolute Gasteiger partial charge is 0.410 e. The number of pyridine rings is 1. The molecule has 1 N–H and O–H groups in total. The number of aromatic nitrogens is 1. The molecule has 4 heterocycles. The number of carbonyl (C=O) groups excluding carboxylic acids is 4. The lowest BCUT2D eigenvalue weighted by Crippen LogP contribution is -2.60. The van der Waals surface area contributed by atoms with Crippen molar-refractivity contribution in [3.63, 3.8) is 0 Å². The lowest BCUT2D eigenvalue weighted by Gasteiger charge is -2.47. The molecule has 0 radical (unpaired) electrons. The molecule has 0 bridgehead atoms. The van der Waals surface area contributed by atoms with Gasteiger partial charge in [0.25, 0.3) is 0 Å². The normalized spacial score (nSPS) is 36.3. The van der Waals surface area contributed by atoms with Gasteiger partial charge in [-0.2, -0.15) is 0 Å². The highest BCUT2D eigenvalue weighted by molar-refractivity contribution is 6.00. The number of hydrogen-bond acceptors (Lipinski definition) is 13. The standard InChI is InChI=1S/C45H67N3O11/c1-13-35-45(8)39(48(43(53)59-45)21-15-14-16-30-19-20-46-33-18-17-31(54-11)23-32(30)33)27(4)36(49)25(2)24-44(7,55-12)40(28(5)37(50)29(6)41(52)57-35)58-42-38(51)34(47(9)10)22-26(3)56-42/h17-20,23,25-29,34-35,38-40,42,51H,13-16,21-22,24H2,1-12H3/t25-,26-,27+,28+,29-,34+,35?,38-,39-,40-,42+,44-,45-/m1/s1. The maximum Gasteiger partial charge on any atom is 0.410 e. The van der Waals surface area contributed by atoms with Crippen LogP contribution in [0.5, 0.6) is 5.75 Å². The first-order valence-electron chi connectivity index (χ1n) is 21.2. The molecule has 0 spiro atoms.